The number of rotatable bonds is 6. The van der Waals surface area contributed by atoms with Crippen LogP contribution in [0.15, 0.2) is 30.3 Å². The standard InChI is InChI=1S/C16H20ClN3O/c1-12-14(9-18-10-16(11-21)7-8-16)15(17)20(19-12)13-5-3-2-4-6-13/h2-6,18,21H,7-11H2,1H3. The number of nitrogens with zero attached hydrogens (tertiary/aromatic N) is 2. The lowest BCUT2D eigenvalue weighted by Crippen LogP contribution is -2.26. The number of benzene rings is 1. The van der Waals surface area contributed by atoms with Crippen molar-refractivity contribution in [1.82, 2.24) is 15.1 Å². The van der Waals surface area contributed by atoms with Crippen molar-refractivity contribution in [1.29, 1.82) is 0 Å². The lowest BCUT2D eigenvalue weighted by Gasteiger charge is -2.12. The molecule has 1 aliphatic rings. The van der Waals surface area contributed by atoms with Crippen molar-refractivity contribution < 1.29 is 5.11 Å². The van der Waals surface area contributed by atoms with Gasteiger partial charge in [-0.15, -0.1) is 0 Å². The molecule has 0 spiro atoms. The molecule has 1 fully saturated rings. The number of aryl methyl sites for hydroxylation is 1. The largest absolute Gasteiger partial charge is 0.396 e. The molecule has 2 N–H and O–H groups in total. The fourth-order valence-electron chi connectivity index (χ4n) is 2.49. The summed E-state index contributed by atoms with van der Waals surface area (Å²) in [5.74, 6) is 0. The highest BCUT2D eigenvalue weighted by molar-refractivity contribution is 6.30. The molecule has 2 aromatic rings. The summed E-state index contributed by atoms with van der Waals surface area (Å²) in [6.07, 6.45) is 2.21. The Morgan fingerprint density at radius 3 is 2.67 bits per heavy atom. The zero-order valence-electron chi connectivity index (χ0n) is 12.1. The summed E-state index contributed by atoms with van der Waals surface area (Å²) in [5, 5.41) is 17.9. The van der Waals surface area contributed by atoms with E-state index < -0.39 is 0 Å². The first kappa shape index (κ1) is 14.6. The van der Waals surface area contributed by atoms with Crippen molar-refractivity contribution in [3.05, 3.63) is 46.7 Å². The molecule has 21 heavy (non-hydrogen) atoms. The van der Waals surface area contributed by atoms with Crippen molar-refractivity contribution >= 4 is 11.6 Å². The Morgan fingerprint density at radius 1 is 1.33 bits per heavy atom. The molecule has 4 nitrogen and oxygen atoms in total. The molecule has 0 aliphatic heterocycles. The molecular formula is C16H20ClN3O. The SMILES string of the molecule is Cc1nn(-c2ccccc2)c(Cl)c1CNCC1(CO)CC1. The predicted molar refractivity (Wildman–Crippen MR) is 83.8 cm³/mol. The van der Waals surface area contributed by atoms with Crippen LogP contribution in [-0.4, -0.2) is 28.0 Å². The van der Waals surface area contributed by atoms with E-state index in [1.54, 1.807) is 4.68 Å². The van der Waals surface area contributed by atoms with Gasteiger partial charge in [-0.05, 0) is 31.9 Å². The van der Waals surface area contributed by atoms with E-state index in [2.05, 4.69) is 10.4 Å². The summed E-state index contributed by atoms with van der Waals surface area (Å²) in [6, 6.07) is 9.89. The average Bonchev–Trinajstić information content (AvgIpc) is 3.24. The highest BCUT2D eigenvalue weighted by atomic mass is 35.5. The van der Waals surface area contributed by atoms with Crippen LogP contribution in [-0.2, 0) is 6.54 Å². The van der Waals surface area contributed by atoms with Crippen molar-refractivity contribution in [3.63, 3.8) is 0 Å². The first-order chi connectivity index (χ1) is 10.2. The predicted octanol–water partition coefficient (Wildman–Crippen LogP) is 2.70. The second kappa shape index (κ2) is 5.79. The lowest BCUT2D eigenvalue weighted by atomic mass is 10.1. The van der Waals surface area contributed by atoms with Crippen LogP contribution in [0.25, 0.3) is 5.69 Å². The molecule has 1 aromatic carbocycles. The molecule has 0 bridgehead atoms. The number of aliphatic hydroxyl groups is 1. The van der Waals surface area contributed by atoms with E-state index in [-0.39, 0.29) is 12.0 Å². The Hall–Kier alpha value is -1.36. The van der Waals surface area contributed by atoms with Crippen LogP contribution in [0.2, 0.25) is 5.15 Å². The van der Waals surface area contributed by atoms with Crippen molar-refractivity contribution in [2.45, 2.75) is 26.3 Å². The summed E-state index contributed by atoms with van der Waals surface area (Å²) in [5.41, 5.74) is 3.03. The minimum absolute atomic E-state index is 0.107. The maximum atomic E-state index is 9.33. The Bertz CT molecular complexity index is 620. The van der Waals surface area contributed by atoms with Crippen molar-refractivity contribution in [2.75, 3.05) is 13.2 Å². The summed E-state index contributed by atoms with van der Waals surface area (Å²) in [4.78, 5) is 0. The van der Waals surface area contributed by atoms with Gasteiger partial charge in [0, 0.05) is 30.7 Å². The van der Waals surface area contributed by atoms with Crippen LogP contribution >= 0.6 is 11.6 Å². The monoisotopic (exact) mass is 305 g/mol. The van der Waals surface area contributed by atoms with Crippen molar-refractivity contribution in [2.24, 2.45) is 5.41 Å². The Morgan fingerprint density at radius 2 is 2.05 bits per heavy atom. The maximum Gasteiger partial charge on any atom is 0.137 e. The fraction of sp³-hybridized carbons (Fsp3) is 0.438. The molecule has 1 heterocycles. The van der Waals surface area contributed by atoms with E-state index in [9.17, 15) is 5.11 Å². The quantitative estimate of drug-likeness (QED) is 0.863. The minimum Gasteiger partial charge on any atom is -0.396 e. The normalized spacial score (nSPS) is 16.1. The third kappa shape index (κ3) is 2.98. The molecule has 0 saturated heterocycles. The van der Waals surface area contributed by atoms with Crippen LogP contribution in [0.5, 0.6) is 0 Å². The maximum absolute atomic E-state index is 9.33. The number of aliphatic hydroxyl groups excluding tert-OH is 1. The van der Waals surface area contributed by atoms with Gasteiger partial charge in [-0.1, -0.05) is 29.8 Å². The number of hydrogen-bond acceptors (Lipinski definition) is 3. The van der Waals surface area contributed by atoms with Crippen LogP contribution in [0.3, 0.4) is 0 Å². The smallest absolute Gasteiger partial charge is 0.137 e. The van der Waals surface area contributed by atoms with Crippen LogP contribution in [0, 0.1) is 12.3 Å². The first-order valence-corrected chi connectivity index (χ1v) is 7.64. The van der Waals surface area contributed by atoms with Gasteiger partial charge in [-0.3, -0.25) is 0 Å². The minimum atomic E-state index is 0.107. The number of para-hydroxylation sites is 1. The second-order valence-corrected chi connectivity index (χ2v) is 6.22. The molecule has 5 heteroatoms. The summed E-state index contributed by atoms with van der Waals surface area (Å²) >= 11 is 6.47. The third-order valence-corrected chi connectivity index (χ3v) is 4.60. The average molecular weight is 306 g/mol. The van der Waals surface area contributed by atoms with Gasteiger partial charge in [0.05, 0.1) is 11.4 Å². The third-order valence-electron chi connectivity index (χ3n) is 4.22. The van der Waals surface area contributed by atoms with Gasteiger partial charge >= 0.3 is 0 Å². The summed E-state index contributed by atoms with van der Waals surface area (Å²) < 4.78 is 1.77. The summed E-state index contributed by atoms with van der Waals surface area (Å²) in [6.45, 7) is 3.74. The van der Waals surface area contributed by atoms with E-state index in [0.717, 1.165) is 36.3 Å². The first-order valence-electron chi connectivity index (χ1n) is 7.26. The van der Waals surface area contributed by atoms with Crippen LogP contribution < -0.4 is 5.32 Å². The molecule has 0 radical (unpaired) electrons. The molecule has 1 saturated carbocycles. The zero-order chi connectivity index (χ0) is 14.9. The lowest BCUT2D eigenvalue weighted by molar-refractivity contribution is 0.207. The highest BCUT2D eigenvalue weighted by Crippen LogP contribution is 2.44. The molecule has 0 unspecified atom stereocenters. The van der Waals surface area contributed by atoms with Crippen LogP contribution in [0.4, 0.5) is 0 Å². The van der Waals surface area contributed by atoms with Gasteiger partial charge < -0.3 is 10.4 Å². The molecule has 0 amide bonds. The van der Waals surface area contributed by atoms with Gasteiger partial charge in [-0.2, -0.15) is 5.10 Å². The summed E-state index contributed by atoms with van der Waals surface area (Å²) in [7, 11) is 0. The Labute approximate surface area is 129 Å². The Balaban J connectivity index is 1.73. The molecule has 0 atom stereocenters. The molecule has 1 aliphatic carbocycles. The second-order valence-electron chi connectivity index (χ2n) is 5.86. The van der Waals surface area contributed by atoms with Gasteiger partial charge in [-0.25, -0.2) is 4.68 Å². The van der Waals surface area contributed by atoms with E-state index in [1.807, 2.05) is 37.3 Å². The van der Waals surface area contributed by atoms with E-state index in [4.69, 9.17) is 11.6 Å². The topological polar surface area (TPSA) is 50.1 Å². The van der Waals surface area contributed by atoms with E-state index in [0.29, 0.717) is 11.7 Å². The number of halogens is 1. The fourth-order valence-corrected chi connectivity index (χ4v) is 2.83. The van der Waals surface area contributed by atoms with Crippen LogP contribution in [0.1, 0.15) is 24.1 Å². The molecular weight excluding hydrogens is 286 g/mol. The number of hydrogen-bond donors (Lipinski definition) is 2. The van der Waals surface area contributed by atoms with Gasteiger partial charge in [0.25, 0.3) is 0 Å². The van der Waals surface area contributed by atoms with Gasteiger partial charge in [0.15, 0.2) is 0 Å². The highest BCUT2D eigenvalue weighted by Gasteiger charge is 2.41. The Kier molecular flexibility index (Phi) is 4.02. The van der Waals surface area contributed by atoms with Gasteiger partial charge in [0.1, 0.15) is 5.15 Å². The zero-order valence-corrected chi connectivity index (χ0v) is 12.9. The van der Waals surface area contributed by atoms with E-state index >= 15 is 0 Å². The van der Waals surface area contributed by atoms with Crippen molar-refractivity contribution in [3.8, 4) is 5.69 Å². The number of nitrogens with one attached hydrogen (secondary N) is 1. The molecule has 1 aromatic heterocycles. The van der Waals surface area contributed by atoms with E-state index in [1.165, 1.54) is 0 Å². The van der Waals surface area contributed by atoms with Gasteiger partial charge in [0.2, 0.25) is 0 Å². The number of aromatic nitrogens is 2. The molecule has 112 valence electrons. The molecule has 3 rings (SSSR count).